The molecule has 0 bridgehead atoms. The van der Waals surface area contributed by atoms with Crippen molar-refractivity contribution in [1.82, 2.24) is 24.5 Å². The first-order valence-corrected chi connectivity index (χ1v) is 9.52. The third kappa shape index (κ3) is 4.13. The summed E-state index contributed by atoms with van der Waals surface area (Å²) >= 11 is 0. The largest absolute Gasteiger partial charge is 0.393 e. The molecule has 3 aromatic heterocycles. The van der Waals surface area contributed by atoms with Crippen molar-refractivity contribution in [3.05, 3.63) is 49.4 Å². The lowest BCUT2D eigenvalue weighted by Crippen LogP contribution is -2.47. The van der Waals surface area contributed by atoms with Crippen molar-refractivity contribution in [2.45, 2.75) is 13.0 Å². The Hall–Kier alpha value is -3.36. The molecule has 1 aliphatic rings. The predicted molar refractivity (Wildman–Crippen MR) is 110 cm³/mol. The highest BCUT2D eigenvalue weighted by molar-refractivity contribution is 5.75. The van der Waals surface area contributed by atoms with Crippen LogP contribution in [0.25, 0.3) is 0 Å². The van der Waals surface area contributed by atoms with Crippen molar-refractivity contribution < 1.29 is 0 Å². The second kappa shape index (κ2) is 8.55. The molecule has 0 spiro atoms. The number of anilines is 4. The number of nitrogens with one attached hydrogen (secondary N) is 1. The van der Waals surface area contributed by atoms with Crippen LogP contribution in [0.2, 0.25) is 0 Å². The summed E-state index contributed by atoms with van der Waals surface area (Å²) in [5, 5.41) is 3.33. The Morgan fingerprint density at radius 1 is 1.00 bits per heavy atom. The number of hydrogen-bond acceptors (Lipinski definition) is 8. The monoisotopic (exact) mass is 379 g/mol. The minimum absolute atomic E-state index is 0.608. The van der Waals surface area contributed by atoms with Gasteiger partial charge in [-0.15, -0.1) is 0 Å². The van der Waals surface area contributed by atoms with Crippen molar-refractivity contribution in [2.24, 2.45) is 0 Å². The van der Waals surface area contributed by atoms with Gasteiger partial charge in [0.15, 0.2) is 11.6 Å². The molecule has 1 aliphatic heterocycles. The molecule has 4 heterocycles. The van der Waals surface area contributed by atoms with Gasteiger partial charge in [-0.05, 0) is 18.6 Å². The maximum Gasteiger partial charge on any atom is 0.157 e. The number of rotatable bonds is 7. The van der Waals surface area contributed by atoms with Crippen molar-refractivity contribution in [3.63, 3.8) is 0 Å². The number of pyridine rings is 1. The van der Waals surface area contributed by atoms with Gasteiger partial charge in [-0.1, -0.05) is 6.07 Å². The number of imidazole rings is 1. The van der Waals surface area contributed by atoms with Gasteiger partial charge in [0.2, 0.25) is 0 Å². The lowest BCUT2D eigenvalue weighted by Gasteiger charge is -2.36. The normalized spacial score (nSPS) is 14.3. The van der Waals surface area contributed by atoms with Gasteiger partial charge in [0, 0.05) is 57.9 Å². The molecule has 0 radical (unpaired) electrons. The lowest BCUT2D eigenvalue weighted by atomic mass is 10.2. The smallest absolute Gasteiger partial charge is 0.157 e. The van der Waals surface area contributed by atoms with Gasteiger partial charge in [0.1, 0.15) is 17.8 Å². The summed E-state index contributed by atoms with van der Waals surface area (Å²) in [5.74, 6) is 2.51. The zero-order valence-electron chi connectivity index (χ0n) is 15.8. The van der Waals surface area contributed by atoms with Crippen LogP contribution in [0.15, 0.2) is 49.4 Å². The number of nitrogen functional groups attached to an aromatic ring is 1. The Morgan fingerprint density at radius 2 is 1.86 bits per heavy atom. The molecule has 0 unspecified atom stereocenters. The number of aryl methyl sites for hydroxylation is 1. The minimum atomic E-state index is 0.608. The molecule has 0 saturated carbocycles. The molecule has 1 fully saturated rings. The third-order valence-electron chi connectivity index (χ3n) is 4.86. The molecule has 9 nitrogen and oxygen atoms in total. The number of piperazine rings is 1. The molecule has 0 atom stereocenters. The number of aromatic nitrogens is 5. The standard InChI is InChI=1S/C19H25N9/c20-17-18(23-6-3-8-26-9-7-21-15-26)24-14-25-19(17)28-12-10-27(11-13-28)16-4-1-2-5-22-16/h1-2,4-5,7,9,14-15H,3,6,8,10-13,20H2,(H,23,24,25). The van der Waals surface area contributed by atoms with E-state index in [2.05, 4.69) is 39.6 Å². The van der Waals surface area contributed by atoms with Crippen LogP contribution in [0.1, 0.15) is 6.42 Å². The van der Waals surface area contributed by atoms with Crippen LogP contribution in [0.4, 0.5) is 23.1 Å². The third-order valence-corrected chi connectivity index (χ3v) is 4.86. The van der Waals surface area contributed by atoms with E-state index in [-0.39, 0.29) is 0 Å². The summed E-state index contributed by atoms with van der Waals surface area (Å²) in [6, 6.07) is 5.99. The Bertz CT molecular complexity index is 858. The van der Waals surface area contributed by atoms with E-state index in [0.717, 1.165) is 57.3 Å². The summed E-state index contributed by atoms with van der Waals surface area (Å²) in [6.45, 7) is 5.14. The van der Waals surface area contributed by atoms with Crippen LogP contribution in [0.5, 0.6) is 0 Å². The Labute approximate surface area is 164 Å². The highest BCUT2D eigenvalue weighted by Crippen LogP contribution is 2.27. The molecule has 0 aliphatic carbocycles. The summed E-state index contributed by atoms with van der Waals surface area (Å²) in [6.07, 6.45) is 9.93. The zero-order chi connectivity index (χ0) is 19.2. The molecule has 3 aromatic rings. The van der Waals surface area contributed by atoms with Crippen LogP contribution in [0.3, 0.4) is 0 Å². The molecule has 28 heavy (non-hydrogen) atoms. The molecule has 146 valence electrons. The average Bonchev–Trinajstić information content (AvgIpc) is 3.27. The van der Waals surface area contributed by atoms with E-state index in [0.29, 0.717) is 11.5 Å². The fourth-order valence-corrected chi connectivity index (χ4v) is 3.35. The van der Waals surface area contributed by atoms with Gasteiger partial charge in [0.05, 0.1) is 6.33 Å². The molecule has 1 saturated heterocycles. The van der Waals surface area contributed by atoms with Crippen LogP contribution in [-0.4, -0.2) is 57.2 Å². The zero-order valence-corrected chi connectivity index (χ0v) is 15.8. The maximum atomic E-state index is 6.37. The first-order valence-electron chi connectivity index (χ1n) is 9.52. The first-order chi connectivity index (χ1) is 13.8. The topological polar surface area (TPSA) is 101 Å². The van der Waals surface area contributed by atoms with E-state index >= 15 is 0 Å². The Kier molecular flexibility index (Phi) is 5.51. The number of nitrogens with zero attached hydrogens (tertiary/aromatic N) is 7. The van der Waals surface area contributed by atoms with Crippen LogP contribution in [0, 0.1) is 0 Å². The quantitative estimate of drug-likeness (QED) is 0.595. The molecule has 0 amide bonds. The van der Waals surface area contributed by atoms with E-state index in [9.17, 15) is 0 Å². The van der Waals surface area contributed by atoms with Crippen molar-refractivity contribution in [1.29, 1.82) is 0 Å². The second-order valence-electron chi connectivity index (χ2n) is 6.70. The van der Waals surface area contributed by atoms with Gasteiger partial charge in [0.25, 0.3) is 0 Å². The lowest BCUT2D eigenvalue weighted by molar-refractivity contribution is 0.641. The summed E-state index contributed by atoms with van der Waals surface area (Å²) in [7, 11) is 0. The van der Waals surface area contributed by atoms with Crippen LogP contribution < -0.4 is 20.9 Å². The van der Waals surface area contributed by atoms with E-state index < -0.39 is 0 Å². The summed E-state index contributed by atoms with van der Waals surface area (Å²) in [5.41, 5.74) is 6.97. The van der Waals surface area contributed by atoms with E-state index in [4.69, 9.17) is 5.73 Å². The van der Waals surface area contributed by atoms with Crippen molar-refractivity contribution in [3.8, 4) is 0 Å². The molecule has 4 rings (SSSR count). The van der Waals surface area contributed by atoms with Crippen molar-refractivity contribution >= 4 is 23.1 Å². The molecular weight excluding hydrogens is 354 g/mol. The first kappa shape index (κ1) is 18.0. The number of hydrogen-bond donors (Lipinski definition) is 2. The summed E-state index contributed by atoms with van der Waals surface area (Å²) in [4.78, 5) is 21.7. The molecular formula is C19H25N9. The van der Waals surface area contributed by atoms with Gasteiger partial charge < -0.3 is 25.4 Å². The van der Waals surface area contributed by atoms with E-state index in [1.54, 1.807) is 12.5 Å². The second-order valence-corrected chi connectivity index (χ2v) is 6.70. The Balaban J connectivity index is 1.33. The van der Waals surface area contributed by atoms with Gasteiger partial charge in [-0.3, -0.25) is 0 Å². The molecule has 3 N–H and O–H groups in total. The van der Waals surface area contributed by atoms with E-state index in [1.165, 1.54) is 0 Å². The fourth-order valence-electron chi connectivity index (χ4n) is 3.35. The van der Waals surface area contributed by atoms with Gasteiger partial charge >= 0.3 is 0 Å². The SMILES string of the molecule is Nc1c(NCCCn2ccnc2)ncnc1N1CCN(c2ccccn2)CC1. The minimum Gasteiger partial charge on any atom is -0.393 e. The maximum absolute atomic E-state index is 6.37. The van der Waals surface area contributed by atoms with Gasteiger partial charge in [-0.2, -0.15) is 0 Å². The summed E-state index contributed by atoms with van der Waals surface area (Å²) < 4.78 is 2.05. The molecule has 0 aromatic carbocycles. The molecule has 9 heteroatoms. The van der Waals surface area contributed by atoms with Crippen LogP contribution >= 0.6 is 0 Å². The Morgan fingerprint density at radius 3 is 2.61 bits per heavy atom. The van der Waals surface area contributed by atoms with E-state index in [1.807, 2.05) is 36.9 Å². The van der Waals surface area contributed by atoms with Crippen LogP contribution in [-0.2, 0) is 6.54 Å². The number of nitrogens with two attached hydrogens (primary N) is 1. The van der Waals surface area contributed by atoms with Gasteiger partial charge in [-0.25, -0.2) is 19.9 Å². The predicted octanol–water partition coefficient (Wildman–Crippen LogP) is 1.48. The average molecular weight is 379 g/mol. The van der Waals surface area contributed by atoms with Crippen molar-refractivity contribution in [2.75, 3.05) is 53.6 Å². The fraction of sp³-hybridized carbons (Fsp3) is 0.368. The highest BCUT2D eigenvalue weighted by Gasteiger charge is 2.21. The highest BCUT2D eigenvalue weighted by atomic mass is 15.3.